The zero-order valence-electron chi connectivity index (χ0n) is 17.5. The Hall–Kier alpha value is -3.22. The van der Waals surface area contributed by atoms with Gasteiger partial charge in [-0.05, 0) is 53.7 Å². The molecule has 1 fully saturated rings. The van der Waals surface area contributed by atoms with Crippen LogP contribution in [0.15, 0.2) is 71.6 Å². The van der Waals surface area contributed by atoms with Crippen LogP contribution in [0.1, 0.15) is 30.4 Å². The number of halogens is 3. The maximum absolute atomic E-state index is 13.8. The molecule has 0 amide bonds. The van der Waals surface area contributed by atoms with Gasteiger partial charge in [-0.3, -0.25) is 4.99 Å². The van der Waals surface area contributed by atoms with Gasteiger partial charge >= 0.3 is 6.18 Å². The van der Waals surface area contributed by atoms with Crippen molar-refractivity contribution in [2.24, 2.45) is 10.9 Å². The number of nitrogens with one attached hydrogen (secondary N) is 1. The van der Waals surface area contributed by atoms with Crippen LogP contribution in [0.2, 0.25) is 0 Å². The van der Waals surface area contributed by atoms with Crippen molar-refractivity contribution in [2.75, 3.05) is 13.3 Å². The van der Waals surface area contributed by atoms with Crippen LogP contribution in [0.25, 0.3) is 11.1 Å². The first-order chi connectivity index (χ1) is 15.5. The molecule has 0 radical (unpaired) electrons. The van der Waals surface area contributed by atoms with E-state index >= 15 is 0 Å². The van der Waals surface area contributed by atoms with E-state index < -0.39 is 11.7 Å². The Labute approximate surface area is 185 Å². The quantitative estimate of drug-likeness (QED) is 0.625. The van der Waals surface area contributed by atoms with E-state index in [4.69, 9.17) is 4.74 Å². The highest BCUT2D eigenvalue weighted by atomic mass is 19.4. The van der Waals surface area contributed by atoms with Crippen molar-refractivity contribution in [3.8, 4) is 16.9 Å². The van der Waals surface area contributed by atoms with Crippen molar-refractivity contribution in [3.05, 3.63) is 77.8 Å². The molecule has 2 aliphatic heterocycles. The molecular formula is C25H24F3N3O. The first-order valence-electron chi connectivity index (χ1n) is 10.8. The molecule has 1 N–H and O–H groups in total. The molecular weight excluding hydrogens is 415 g/mol. The minimum Gasteiger partial charge on any atom is -0.493 e. The molecule has 0 atom stereocenters. The number of allylic oxidation sites excluding steroid dienone is 1. The first kappa shape index (κ1) is 20.7. The summed E-state index contributed by atoms with van der Waals surface area (Å²) in [5, 5.41) is 3.20. The summed E-state index contributed by atoms with van der Waals surface area (Å²) in [4.78, 5) is 6.35. The van der Waals surface area contributed by atoms with Crippen LogP contribution in [0.4, 0.5) is 13.2 Å². The molecule has 1 saturated carbocycles. The Bertz CT molecular complexity index is 1080. The van der Waals surface area contributed by atoms with Gasteiger partial charge in [0.2, 0.25) is 0 Å². The molecule has 2 heterocycles. The van der Waals surface area contributed by atoms with Gasteiger partial charge in [-0.25, -0.2) is 0 Å². The summed E-state index contributed by atoms with van der Waals surface area (Å²) in [6.45, 7) is 1.69. The Kier molecular flexibility index (Phi) is 5.41. The predicted molar refractivity (Wildman–Crippen MR) is 118 cm³/mol. The van der Waals surface area contributed by atoms with E-state index in [0.717, 1.165) is 35.9 Å². The van der Waals surface area contributed by atoms with Gasteiger partial charge in [0.15, 0.2) is 0 Å². The number of nitrogens with zero attached hydrogens (tertiary/aromatic N) is 2. The lowest BCUT2D eigenvalue weighted by atomic mass is 9.86. The van der Waals surface area contributed by atoms with Crippen LogP contribution in [0, 0.1) is 5.92 Å². The van der Waals surface area contributed by atoms with E-state index in [-0.39, 0.29) is 11.3 Å². The number of hydrogen-bond acceptors (Lipinski definition) is 4. The molecule has 0 unspecified atom stereocenters. The first-order valence-corrected chi connectivity index (χ1v) is 10.8. The smallest absolute Gasteiger partial charge is 0.417 e. The van der Waals surface area contributed by atoms with Gasteiger partial charge in [0.05, 0.1) is 23.6 Å². The highest BCUT2D eigenvalue weighted by Gasteiger charge is 2.34. The van der Waals surface area contributed by atoms with Gasteiger partial charge in [-0.15, -0.1) is 0 Å². The van der Waals surface area contributed by atoms with Crippen molar-refractivity contribution >= 4 is 5.71 Å². The fourth-order valence-corrected chi connectivity index (χ4v) is 4.09. The number of ether oxygens (including phenoxy) is 1. The van der Waals surface area contributed by atoms with Crippen molar-refractivity contribution in [1.29, 1.82) is 0 Å². The standard InChI is InChI=1S/C25H24F3N3O/c26-25(27,28)22-12-20(32-15-18-2-1-3-18)8-9-21(22)19-6-4-17(5-7-19)13-31-11-10-23-24(14-31)30-16-29-23/h4-12,14,18,30H,1-3,13,15-16H2. The van der Waals surface area contributed by atoms with Crippen molar-refractivity contribution in [1.82, 2.24) is 10.2 Å². The summed E-state index contributed by atoms with van der Waals surface area (Å²) in [7, 11) is 0. The average Bonchev–Trinajstić information content (AvgIpc) is 3.20. The minimum atomic E-state index is -4.46. The van der Waals surface area contributed by atoms with Gasteiger partial charge in [0.1, 0.15) is 12.4 Å². The maximum atomic E-state index is 13.8. The number of hydrogen-bond donors (Lipinski definition) is 1. The van der Waals surface area contributed by atoms with Crippen molar-refractivity contribution in [3.63, 3.8) is 0 Å². The lowest BCUT2D eigenvalue weighted by Crippen LogP contribution is -2.20. The summed E-state index contributed by atoms with van der Waals surface area (Å²) >= 11 is 0. The molecule has 0 bridgehead atoms. The van der Waals surface area contributed by atoms with E-state index in [9.17, 15) is 13.2 Å². The third kappa shape index (κ3) is 4.38. The molecule has 0 spiro atoms. The maximum Gasteiger partial charge on any atom is 0.417 e. The number of alkyl halides is 3. The molecule has 2 aromatic carbocycles. The van der Waals surface area contributed by atoms with E-state index in [1.165, 1.54) is 12.5 Å². The number of rotatable bonds is 6. The number of fused-ring (bicyclic) bond motifs is 1. The Morgan fingerprint density at radius 1 is 1.09 bits per heavy atom. The van der Waals surface area contributed by atoms with Gasteiger partial charge in [0, 0.05) is 18.9 Å². The molecule has 4 nitrogen and oxygen atoms in total. The van der Waals surface area contributed by atoms with Crippen LogP contribution in [0.5, 0.6) is 5.75 Å². The average molecular weight is 439 g/mol. The number of benzene rings is 2. The van der Waals surface area contributed by atoms with Crippen LogP contribution < -0.4 is 10.1 Å². The summed E-state index contributed by atoms with van der Waals surface area (Å²) < 4.78 is 47.0. The second-order valence-corrected chi connectivity index (χ2v) is 8.42. The highest BCUT2D eigenvalue weighted by Crippen LogP contribution is 2.39. The van der Waals surface area contributed by atoms with Gasteiger partial charge in [-0.2, -0.15) is 13.2 Å². The normalized spacial score (nSPS) is 17.9. The predicted octanol–water partition coefficient (Wildman–Crippen LogP) is 5.72. The topological polar surface area (TPSA) is 36.9 Å². The molecule has 166 valence electrons. The van der Waals surface area contributed by atoms with Crippen molar-refractivity contribution < 1.29 is 17.9 Å². The fourth-order valence-electron chi connectivity index (χ4n) is 4.09. The fraction of sp³-hybridized carbons (Fsp3) is 0.320. The van der Waals surface area contributed by atoms with Gasteiger partial charge < -0.3 is 15.0 Å². The van der Waals surface area contributed by atoms with Crippen LogP contribution in [-0.2, 0) is 12.7 Å². The molecule has 1 aliphatic carbocycles. The van der Waals surface area contributed by atoms with Crippen LogP contribution in [-0.4, -0.2) is 23.9 Å². The lowest BCUT2D eigenvalue weighted by Gasteiger charge is -2.25. The molecule has 0 saturated heterocycles. The molecule has 0 aromatic heterocycles. The minimum absolute atomic E-state index is 0.163. The molecule has 3 aliphatic rings. The Morgan fingerprint density at radius 3 is 2.62 bits per heavy atom. The second kappa shape index (κ2) is 8.37. The van der Waals surface area contributed by atoms with Gasteiger partial charge in [-0.1, -0.05) is 36.8 Å². The monoisotopic (exact) mass is 439 g/mol. The Morgan fingerprint density at radius 2 is 1.91 bits per heavy atom. The molecule has 7 heteroatoms. The molecule has 5 rings (SSSR count). The zero-order chi connectivity index (χ0) is 22.1. The summed E-state index contributed by atoms with van der Waals surface area (Å²) in [5.74, 6) is 0.739. The summed E-state index contributed by atoms with van der Waals surface area (Å²) in [6, 6.07) is 11.5. The SMILES string of the molecule is FC(F)(F)c1cc(OCC2CCC2)ccc1-c1ccc(CN2C=CC3=NCNC3=C2)cc1. The molecule has 32 heavy (non-hydrogen) atoms. The van der Waals surface area contributed by atoms with E-state index in [1.54, 1.807) is 18.2 Å². The van der Waals surface area contributed by atoms with Crippen LogP contribution in [0.3, 0.4) is 0 Å². The largest absolute Gasteiger partial charge is 0.493 e. The summed E-state index contributed by atoms with van der Waals surface area (Å²) in [5.41, 5.74) is 2.96. The van der Waals surface area contributed by atoms with E-state index in [1.807, 2.05) is 35.5 Å². The van der Waals surface area contributed by atoms with E-state index in [2.05, 4.69) is 10.3 Å². The third-order valence-electron chi connectivity index (χ3n) is 6.15. The van der Waals surface area contributed by atoms with Gasteiger partial charge in [0.25, 0.3) is 0 Å². The third-order valence-corrected chi connectivity index (χ3v) is 6.15. The van der Waals surface area contributed by atoms with Crippen LogP contribution >= 0.6 is 0 Å². The number of aliphatic imine (C=N–C) groups is 1. The van der Waals surface area contributed by atoms with Crippen molar-refractivity contribution in [2.45, 2.75) is 32.0 Å². The highest BCUT2D eigenvalue weighted by molar-refractivity contribution is 6.09. The van der Waals surface area contributed by atoms with E-state index in [0.29, 0.717) is 31.3 Å². The Balaban J connectivity index is 1.33. The lowest BCUT2D eigenvalue weighted by molar-refractivity contribution is -0.137. The second-order valence-electron chi connectivity index (χ2n) is 8.42. The molecule has 2 aromatic rings. The summed E-state index contributed by atoms with van der Waals surface area (Å²) in [6.07, 6.45) is 4.79. The zero-order valence-corrected chi connectivity index (χ0v) is 17.5.